The predicted molar refractivity (Wildman–Crippen MR) is 54.4 cm³/mol. The van der Waals surface area contributed by atoms with Gasteiger partial charge in [-0.2, -0.15) is 0 Å². The van der Waals surface area contributed by atoms with Crippen molar-refractivity contribution in [1.29, 1.82) is 0 Å². The van der Waals surface area contributed by atoms with Crippen molar-refractivity contribution in [3.8, 4) is 11.3 Å². The predicted octanol–water partition coefficient (Wildman–Crippen LogP) is 1.96. The quantitative estimate of drug-likeness (QED) is 0.808. The molecule has 1 aromatic carbocycles. The van der Waals surface area contributed by atoms with E-state index < -0.39 is 0 Å². The van der Waals surface area contributed by atoms with E-state index in [0.717, 1.165) is 5.56 Å². The fourth-order valence-electron chi connectivity index (χ4n) is 1.14. The van der Waals surface area contributed by atoms with Crippen molar-refractivity contribution in [1.82, 2.24) is 10.3 Å². The molecule has 76 valence electrons. The van der Waals surface area contributed by atoms with Gasteiger partial charge in [0.05, 0.1) is 0 Å². The van der Waals surface area contributed by atoms with Crippen LogP contribution in [0.15, 0.2) is 28.9 Å². The Labute approximate surface area is 90.0 Å². The highest BCUT2D eigenvalue weighted by atomic mass is 35.5. The molecule has 0 atom stereocenters. The van der Waals surface area contributed by atoms with Gasteiger partial charge in [0.25, 0.3) is 0 Å². The molecule has 0 aliphatic heterocycles. The lowest BCUT2D eigenvalue weighted by Crippen LogP contribution is -1.95. The van der Waals surface area contributed by atoms with Crippen molar-refractivity contribution in [3.05, 3.63) is 29.3 Å². The van der Waals surface area contributed by atoms with Crippen LogP contribution >= 0.6 is 11.6 Å². The standard InChI is InChI=1S/C9H6ClN3O2/c10-7-3-1-6(2-4-7)8-9(11-5-14)13-15-12-8/h1-5H,(H,11,13,14). The van der Waals surface area contributed by atoms with E-state index in [9.17, 15) is 4.79 Å². The number of halogens is 1. The first-order chi connectivity index (χ1) is 7.31. The first-order valence-electron chi connectivity index (χ1n) is 4.10. The second-order valence-electron chi connectivity index (χ2n) is 2.73. The number of hydrogen-bond acceptors (Lipinski definition) is 4. The lowest BCUT2D eigenvalue weighted by molar-refractivity contribution is -0.105. The van der Waals surface area contributed by atoms with Gasteiger partial charge in [-0.15, -0.1) is 0 Å². The number of amides is 1. The number of carbonyl (C=O) groups is 1. The highest BCUT2D eigenvalue weighted by molar-refractivity contribution is 6.30. The molecule has 0 saturated heterocycles. The summed E-state index contributed by atoms with van der Waals surface area (Å²) in [6.45, 7) is 0. The highest BCUT2D eigenvalue weighted by Crippen LogP contribution is 2.24. The van der Waals surface area contributed by atoms with Crippen LogP contribution in [0.1, 0.15) is 0 Å². The molecule has 2 rings (SSSR count). The molecular formula is C9H6ClN3O2. The van der Waals surface area contributed by atoms with Crippen LogP contribution < -0.4 is 5.32 Å². The molecule has 0 saturated carbocycles. The van der Waals surface area contributed by atoms with Crippen LogP contribution in [0.3, 0.4) is 0 Å². The molecule has 0 radical (unpaired) electrons. The van der Waals surface area contributed by atoms with Crippen molar-refractivity contribution < 1.29 is 9.42 Å². The first-order valence-corrected chi connectivity index (χ1v) is 4.48. The number of rotatable bonds is 3. The fraction of sp³-hybridized carbons (Fsp3) is 0. The molecule has 0 unspecified atom stereocenters. The monoisotopic (exact) mass is 223 g/mol. The molecule has 1 aromatic heterocycles. The van der Waals surface area contributed by atoms with Crippen LogP contribution in [0.5, 0.6) is 0 Å². The van der Waals surface area contributed by atoms with E-state index in [1.165, 1.54) is 0 Å². The van der Waals surface area contributed by atoms with Gasteiger partial charge in [0.2, 0.25) is 12.2 Å². The largest absolute Gasteiger partial charge is 0.309 e. The Morgan fingerprint density at radius 2 is 2.00 bits per heavy atom. The first kappa shape index (κ1) is 9.67. The van der Waals surface area contributed by atoms with Crippen molar-refractivity contribution in [2.24, 2.45) is 0 Å². The van der Waals surface area contributed by atoms with Gasteiger partial charge in [-0.05, 0) is 22.4 Å². The molecule has 0 spiro atoms. The maximum absolute atomic E-state index is 10.3. The Bertz CT molecular complexity index is 466. The molecule has 1 N–H and O–H groups in total. The summed E-state index contributed by atoms with van der Waals surface area (Å²) in [6.07, 6.45) is 0.513. The van der Waals surface area contributed by atoms with Gasteiger partial charge in [-0.3, -0.25) is 4.79 Å². The van der Waals surface area contributed by atoms with E-state index in [-0.39, 0.29) is 5.82 Å². The van der Waals surface area contributed by atoms with Gasteiger partial charge in [0.1, 0.15) is 0 Å². The fourth-order valence-corrected chi connectivity index (χ4v) is 1.26. The molecule has 0 aliphatic rings. The Morgan fingerprint density at radius 3 is 2.67 bits per heavy atom. The second-order valence-corrected chi connectivity index (χ2v) is 3.17. The van der Waals surface area contributed by atoms with Crippen LogP contribution in [-0.4, -0.2) is 16.7 Å². The molecule has 0 bridgehead atoms. The Balaban J connectivity index is 2.40. The molecule has 1 amide bonds. The van der Waals surface area contributed by atoms with Crippen LogP contribution in [0.4, 0.5) is 5.82 Å². The van der Waals surface area contributed by atoms with E-state index in [2.05, 4.69) is 20.3 Å². The average Bonchev–Trinajstić information content (AvgIpc) is 2.68. The summed E-state index contributed by atoms with van der Waals surface area (Å²) in [5, 5.41) is 10.2. The zero-order valence-electron chi connectivity index (χ0n) is 7.48. The minimum Gasteiger partial charge on any atom is -0.309 e. The van der Waals surface area contributed by atoms with Gasteiger partial charge < -0.3 is 5.32 Å². The number of nitrogens with zero attached hydrogens (tertiary/aromatic N) is 2. The molecule has 0 aliphatic carbocycles. The molecular weight excluding hydrogens is 218 g/mol. The summed E-state index contributed by atoms with van der Waals surface area (Å²) < 4.78 is 4.53. The normalized spacial score (nSPS) is 9.93. The van der Waals surface area contributed by atoms with Crippen LogP contribution in [0.25, 0.3) is 11.3 Å². The van der Waals surface area contributed by atoms with E-state index in [1.54, 1.807) is 24.3 Å². The zero-order chi connectivity index (χ0) is 10.7. The van der Waals surface area contributed by atoms with E-state index in [0.29, 0.717) is 17.1 Å². The Hall–Kier alpha value is -1.88. The number of aromatic nitrogens is 2. The minimum absolute atomic E-state index is 0.285. The van der Waals surface area contributed by atoms with E-state index >= 15 is 0 Å². The molecule has 2 aromatic rings. The highest BCUT2D eigenvalue weighted by Gasteiger charge is 2.10. The lowest BCUT2D eigenvalue weighted by Gasteiger charge is -1.97. The van der Waals surface area contributed by atoms with Gasteiger partial charge in [-0.25, -0.2) is 4.63 Å². The minimum atomic E-state index is 0.285. The van der Waals surface area contributed by atoms with Crippen molar-refractivity contribution in [2.45, 2.75) is 0 Å². The topological polar surface area (TPSA) is 68.0 Å². The molecule has 6 heteroatoms. The van der Waals surface area contributed by atoms with Crippen molar-refractivity contribution in [2.75, 3.05) is 5.32 Å². The number of anilines is 1. The number of carbonyl (C=O) groups excluding carboxylic acids is 1. The number of hydrogen-bond donors (Lipinski definition) is 1. The average molecular weight is 224 g/mol. The van der Waals surface area contributed by atoms with Crippen LogP contribution in [0.2, 0.25) is 5.02 Å². The Morgan fingerprint density at radius 1 is 1.27 bits per heavy atom. The summed E-state index contributed by atoms with van der Waals surface area (Å²) >= 11 is 5.74. The number of benzene rings is 1. The molecule has 0 fully saturated rings. The van der Waals surface area contributed by atoms with Crippen molar-refractivity contribution in [3.63, 3.8) is 0 Å². The summed E-state index contributed by atoms with van der Waals surface area (Å²) in [6, 6.07) is 6.96. The number of nitrogens with one attached hydrogen (secondary N) is 1. The third-order valence-electron chi connectivity index (χ3n) is 1.80. The zero-order valence-corrected chi connectivity index (χ0v) is 8.23. The third-order valence-corrected chi connectivity index (χ3v) is 2.05. The summed E-state index contributed by atoms with van der Waals surface area (Å²) in [4.78, 5) is 10.3. The van der Waals surface area contributed by atoms with Crippen molar-refractivity contribution >= 4 is 23.8 Å². The van der Waals surface area contributed by atoms with Crippen LogP contribution in [-0.2, 0) is 4.79 Å². The van der Waals surface area contributed by atoms with Crippen LogP contribution in [0, 0.1) is 0 Å². The SMILES string of the molecule is O=CNc1nonc1-c1ccc(Cl)cc1. The third kappa shape index (κ3) is 1.97. The molecule has 1 heterocycles. The van der Waals surface area contributed by atoms with Gasteiger partial charge in [0, 0.05) is 10.6 Å². The summed E-state index contributed by atoms with van der Waals surface area (Å²) in [5.41, 5.74) is 1.24. The molecule has 5 nitrogen and oxygen atoms in total. The summed E-state index contributed by atoms with van der Waals surface area (Å²) in [7, 11) is 0. The maximum atomic E-state index is 10.3. The molecule has 15 heavy (non-hydrogen) atoms. The Kier molecular flexibility index (Phi) is 2.64. The van der Waals surface area contributed by atoms with E-state index in [4.69, 9.17) is 11.6 Å². The smallest absolute Gasteiger partial charge is 0.212 e. The maximum Gasteiger partial charge on any atom is 0.212 e. The van der Waals surface area contributed by atoms with Gasteiger partial charge in [-0.1, -0.05) is 23.7 Å². The second kappa shape index (κ2) is 4.10. The lowest BCUT2D eigenvalue weighted by atomic mass is 10.1. The van der Waals surface area contributed by atoms with E-state index in [1.807, 2.05) is 0 Å². The summed E-state index contributed by atoms with van der Waals surface area (Å²) in [5.74, 6) is 0.285. The van der Waals surface area contributed by atoms with Gasteiger partial charge in [0.15, 0.2) is 5.69 Å². The van der Waals surface area contributed by atoms with Gasteiger partial charge >= 0.3 is 0 Å².